The molecule has 4 aromatic carbocycles. The fraction of sp³-hybridized carbons (Fsp3) is 0.0741. The number of carbonyl (C=O) groups is 1. The number of esters is 1. The van der Waals surface area contributed by atoms with Crippen LogP contribution in [-0.4, -0.2) is 24.4 Å². The van der Waals surface area contributed by atoms with E-state index in [4.69, 9.17) is 21.7 Å². The minimum atomic E-state index is -0.475. The number of aryl methyl sites for hydroxylation is 1. The molecule has 0 amide bonds. The van der Waals surface area contributed by atoms with E-state index in [0.717, 1.165) is 22.0 Å². The second-order valence-corrected chi connectivity index (χ2v) is 7.92. The highest BCUT2D eigenvalue weighted by molar-refractivity contribution is 7.80. The summed E-state index contributed by atoms with van der Waals surface area (Å²) in [5.74, 6) is 0.580. The molecule has 0 radical (unpaired) electrons. The standard InChI is InChI=1S/C27H23N3O3S/c1-18-6-5-8-21(16-18)29-27(34)30-28-17-24-23-9-4-3-7-19(23)12-15-25(24)33-26(31)20-10-13-22(32-2)14-11-20/h3-17H,1-2H3,(H2,29,30,34)/b28-17-. The van der Waals surface area contributed by atoms with Gasteiger partial charge in [-0.05, 0) is 77.9 Å². The number of anilines is 1. The minimum Gasteiger partial charge on any atom is -0.497 e. The van der Waals surface area contributed by atoms with Crippen molar-refractivity contribution >= 4 is 46.0 Å². The molecule has 0 aliphatic heterocycles. The fourth-order valence-corrected chi connectivity index (χ4v) is 3.59. The van der Waals surface area contributed by atoms with Crippen molar-refractivity contribution in [1.29, 1.82) is 0 Å². The normalized spacial score (nSPS) is 10.8. The Hall–Kier alpha value is -4.23. The molecule has 0 aliphatic rings. The number of hydrazone groups is 1. The van der Waals surface area contributed by atoms with Crippen molar-refractivity contribution in [3.05, 3.63) is 102 Å². The average Bonchev–Trinajstić information content (AvgIpc) is 2.85. The summed E-state index contributed by atoms with van der Waals surface area (Å²) in [6.45, 7) is 2.01. The second-order valence-electron chi connectivity index (χ2n) is 7.51. The predicted molar refractivity (Wildman–Crippen MR) is 140 cm³/mol. The average molecular weight is 470 g/mol. The van der Waals surface area contributed by atoms with Gasteiger partial charge in [-0.25, -0.2) is 4.79 Å². The Morgan fingerprint density at radius 3 is 2.53 bits per heavy atom. The number of thiocarbonyl (C=S) groups is 1. The summed E-state index contributed by atoms with van der Waals surface area (Å²) in [6, 6.07) is 26.1. The Labute approximate surface area is 203 Å². The molecule has 0 bridgehead atoms. The molecule has 0 spiro atoms. The molecule has 0 unspecified atom stereocenters. The first kappa shape index (κ1) is 22.9. The molecule has 4 rings (SSSR count). The fourth-order valence-electron chi connectivity index (χ4n) is 3.42. The van der Waals surface area contributed by atoms with E-state index in [2.05, 4.69) is 15.8 Å². The van der Waals surface area contributed by atoms with Gasteiger partial charge in [0, 0.05) is 11.3 Å². The van der Waals surface area contributed by atoms with Crippen molar-refractivity contribution in [3.8, 4) is 11.5 Å². The highest BCUT2D eigenvalue weighted by atomic mass is 32.1. The Bertz CT molecular complexity index is 1370. The first-order valence-electron chi connectivity index (χ1n) is 10.6. The molecule has 6 nitrogen and oxygen atoms in total. The van der Waals surface area contributed by atoms with Gasteiger partial charge in [-0.2, -0.15) is 5.10 Å². The summed E-state index contributed by atoms with van der Waals surface area (Å²) in [5, 5.41) is 9.62. The molecule has 0 heterocycles. The zero-order valence-corrected chi connectivity index (χ0v) is 19.6. The van der Waals surface area contributed by atoms with E-state index in [1.807, 2.05) is 61.5 Å². The molecule has 2 N–H and O–H groups in total. The van der Waals surface area contributed by atoms with E-state index in [9.17, 15) is 4.79 Å². The molecule has 170 valence electrons. The lowest BCUT2D eigenvalue weighted by Gasteiger charge is -2.11. The van der Waals surface area contributed by atoms with Crippen molar-refractivity contribution in [1.82, 2.24) is 5.43 Å². The Morgan fingerprint density at radius 1 is 0.971 bits per heavy atom. The van der Waals surface area contributed by atoms with Crippen LogP contribution in [0.2, 0.25) is 0 Å². The molecule has 0 saturated carbocycles. The van der Waals surface area contributed by atoms with Crippen molar-refractivity contribution in [2.24, 2.45) is 5.10 Å². The van der Waals surface area contributed by atoms with E-state index in [-0.39, 0.29) is 0 Å². The third-order valence-electron chi connectivity index (χ3n) is 5.09. The van der Waals surface area contributed by atoms with Gasteiger partial charge in [-0.3, -0.25) is 5.43 Å². The molecule has 0 atom stereocenters. The van der Waals surface area contributed by atoms with E-state index in [1.165, 1.54) is 0 Å². The molecule has 7 heteroatoms. The van der Waals surface area contributed by atoms with Gasteiger partial charge in [0.2, 0.25) is 0 Å². The van der Waals surface area contributed by atoms with E-state index in [1.54, 1.807) is 43.7 Å². The summed E-state index contributed by atoms with van der Waals surface area (Å²) in [4.78, 5) is 12.8. The van der Waals surface area contributed by atoms with E-state index < -0.39 is 5.97 Å². The number of benzene rings is 4. The van der Waals surface area contributed by atoms with Crippen LogP contribution in [0.25, 0.3) is 10.8 Å². The molecule has 4 aromatic rings. The van der Waals surface area contributed by atoms with Crippen LogP contribution in [0, 0.1) is 6.92 Å². The maximum atomic E-state index is 12.8. The van der Waals surface area contributed by atoms with Gasteiger partial charge in [-0.15, -0.1) is 0 Å². The van der Waals surface area contributed by atoms with Crippen molar-refractivity contribution in [2.45, 2.75) is 6.92 Å². The smallest absolute Gasteiger partial charge is 0.343 e. The molecule has 0 fully saturated rings. The molecule has 0 aromatic heterocycles. The Kier molecular flexibility index (Phi) is 7.15. The largest absolute Gasteiger partial charge is 0.497 e. The van der Waals surface area contributed by atoms with E-state index >= 15 is 0 Å². The molecular weight excluding hydrogens is 446 g/mol. The number of methoxy groups -OCH3 is 1. The van der Waals surface area contributed by atoms with Crippen LogP contribution in [0.4, 0.5) is 5.69 Å². The first-order valence-corrected chi connectivity index (χ1v) is 11.0. The van der Waals surface area contributed by atoms with Crippen LogP contribution in [0.5, 0.6) is 11.5 Å². The number of hydrogen-bond acceptors (Lipinski definition) is 5. The van der Waals surface area contributed by atoms with Gasteiger partial charge in [0.05, 0.1) is 18.9 Å². The maximum absolute atomic E-state index is 12.8. The van der Waals surface area contributed by atoms with Crippen LogP contribution >= 0.6 is 12.2 Å². The summed E-state index contributed by atoms with van der Waals surface area (Å²) in [6.07, 6.45) is 1.60. The zero-order valence-electron chi connectivity index (χ0n) is 18.7. The van der Waals surface area contributed by atoms with Crippen LogP contribution in [-0.2, 0) is 0 Å². The molecule has 0 saturated heterocycles. The lowest BCUT2D eigenvalue weighted by Crippen LogP contribution is -2.23. The number of ether oxygens (including phenoxy) is 2. The third-order valence-corrected chi connectivity index (χ3v) is 5.29. The van der Waals surface area contributed by atoms with Gasteiger partial charge in [0.15, 0.2) is 5.11 Å². The number of fused-ring (bicyclic) bond motifs is 1. The van der Waals surface area contributed by atoms with Crippen LogP contribution in [0.1, 0.15) is 21.5 Å². The van der Waals surface area contributed by atoms with E-state index in [0.29, 0.717) is 27.7 Å². The minimum absolute atomic E-state index is 0.346. The Balaban J connectivity index is 1.55. The monoisotopic (exact) mass is 469 g/mol. The second kappa shape index (κ2) is 10.6. The van der Waals surface area contributed by atoms with Crippen LogP contribution in [0.3, 0.4) is 0 Å². The molecule has 0 aliphatic carbocycles. The number of carbonyl (C=O) groups excluding carboxylic acids is 1. The quantitative estimate of drug-likeness (QED) is 0.124. The van der Waals surface area contributed by atoms with Crippen LogP contribution < -0.4 is 20.2 Å². The topological polar surface area (TPSA) is 72.0 Å². The van der Waals surface area contributed by atoms with Gasteiger partial charge in [0.1, 0.15) is 11.5 Å². The third kappa shape index (κ3) is 5.57. The van der Waals surface area contributed by atoms with Gasteiger partial charge < -0.3 is 14.8 Å². The summed E-state index contributed by atoms with van der Waals surface area (Å²) >= 11 is 5.35. The number of nitrogens with zero attached hydrogens (tertiary/aromatic N) is 1. The maximum Gasteiger partial charge on any atom is 0.343 e. The summed E-state index contributed by atoms with van der Waals surface area (Å²) < 4.78 is 10.9. The summed E-state index contributed by atoms with van der Waals surface area (Å²) in [7, 11) is 1.57. The summed E-state index contributed by atoms with van der Waals surface area (Å²) in [5.41, 5.74) is 5.89. The van der Waals surface area contributed by atoms with Crippen molar-refractivity contribution < 1.29 is 14.3 Å². The van der Waals surface area contributed by atoms with Gasteiger partial charge in [0.25, 0.3) is 0 Å². The Morgan fingerprint density at radius 2 is 1.76 bits per heavy atom. The zero-order chi connectivity index (χ0) is 23.9. The van der Waals surface area contributed by atoms with Crippen LogP contribution in [0.15, 0.2) is 90.0 Å². The highest BCUT2D eigenvalue weighted by Gasteiger charge is 2.14. The molecular formula is C27H23N3O3S. The number of rotatable bonds is 6. The van der Waals surface area contributed by atoms with Gasteiger partial charge >= 0.3 is 5.97 Å². The predicted octanol–water partition coefficient (Wildman–Crippen LogP) is 5.70. The van der Waals surface area contributed by atoms with Gasteiger partial charge in [-0.1, -0.05) is 42.5 Å². The lowest BCUT2D eigenvalue weighted by atomic mass is 10.0. The lowest BCUT2D eigenvalue weighted by molar-refractivity contribution is 0.0734. The van der Waals surface area contributed by atoms with Crippen molar-refractivity contribution in [2.75, 3.05) is 12.4 Å². The first-order chi connectivity index (χ1) is 16.5. The highest BCUT2D eigenvalue weighted by Crippen LogP contribution is 2.27. The molecule has 34 heavy (non-hydrogen) atoms. The number of nitrogens with one attached hydrogen (secondary N) is 2. The number of hydrogen-bond donors (Lipinski definition) is 2. The SMILES string of the molecule is COc1ccc(C(=O)Oc2ccc3ccccc3c2/C=N\NC(=S)Nc2cccc(C)c2)cc1. The van der Waals surface area contributed by atoms with Crippen molar-refractivity contribution in [3.63, 3.8) is 0 Å².